The predicted molar refractivity (Wildman–Crippen MR) is 112 cm³/mol. The summed E-state index contributed by atoms with van der Waals surface area (Å²) in [5.41, 5.74) is 1.54. The topological polar surface area (TPSA) is 84.9 Å². The number of hydrogen-bond acceptors (Lipinski definition) is 5. The van der Waals surface area contributed by atoms with Gasteiger partial charge in [0.05, 0.1) is 25.0 Å². The molecule has 1 amide bonds. The first kappa shape index (κ1) is 21.0. The number of benzene rings is 2. The highest BCUT2D eigenvalue weighted by Gasteiger charge is 2.34. The van der Waals surface area contributed by atoms with Crippen LogP contribution in [0.25, 0.3) is 0 Å². The number of sulfonamides is 1. The van der Waals surface area contributed by atoms with Gasteiger partial charge in [-0.15, -0.1) is 0 Å². The number of rotatable bonds is 7. The number of para-hydroxylation sites is 3. The van der Waals surface area contributed by atoms with E-state index in [0.717, 1.165) is 17.6 Å². The van der Waals surface area contributed by atoms with Crippen LogP contribution < -0.4 is 19.1 Å². The second kappa shape index (κ2) is 8.73. The number of ether oxygens (including phenoxy) is 2. The lowest BCUT2D eigenvalue weighted by atomic mass is 10.0. The Hall–Kier alpha value is -2.74. The van der Waals surface area contributed by atoms with E-state index in [0.29, 0.717) is 24.0 Å². The molecule has 0 aromatic heterocycles. The molecule has 1 aliphatic heterocycles. The van der Waals surface area contributed by atoms with Crippen molar-refractivity contribution in [3.63, 3.8) is 0 Å². The van der Waals surface area contributed by atoms with Crippen molar-refractivity contribution in [3.8, 4) is 11.5 Å². The summed E-state index contributed by atoms with van der Waals surface area (Å²) in [7, 11) is -3.53. The van der Waals surface area contributed by atoms with Crippen LogP contribution in [0.4, 0.5) is 5.69 Å². The minimum absolute atomic E-state index is 0.0707. The van der Waals surface area contributed by atoms with Gasteiger partial charge in [0.25, 0.3) is 5.91 Å². The maximum Gasteiger partial charge on any atom is 0.263 e. The Morgan fingerprint density at radius 1 is 1.21 bits per heavy atom. The van der Waals surface area contributed by atoms with E-state index in [1.807, 2.05) is 24.3 Å². The summed E-state index contributed by atoms with van der Waals surface area (Å²) in [5, 5.41) is 2.76. The molecular formula is C21H26N2O5S. The summed E-state index contributed by atoms with van der Waals surface area (Å²) < 4.78 is 37.0. The highest BCUT2D eigenvalue weighted by Crippen LogP contribution is 2.34. The molecule has 7 nitrogen and oxygen atoms in total. The Bertz CT molecular complexity index is 975. The van der Waals surface area contributed by atoms with E-state index in [9.17, 15) is 13.2 Å². The average molecular weight is 419 g/mol. The van der Waals surface area contributed by atoms with Crippen molar-refractivity contribution < 1.29 is 22.7 Å². The number of nitrogens with one attached hydrogen (secondary N) is 1. The van der Waals surface area contributed by atoms with Crippen LogP contribution in [0.15, 0.2) is 48.5 Å². The second-order valence-electron chi connectivity index (χ2n) is 7.20. The van der Waals surface area contributed by atoms with Crippen LogP contribution in [-0.4, -0.2) is 46.4 Å². The number of hydrogen-bond donors (Lipinski definition) is 1. The molecule has 0 fully saturated rings. The molecule has 1 unspecified atom stereocenters. The van der Waals surface area contributed by atoms with E-state index in [4.69, 9.17) is 9.47 Å². The second-order valence-corrected chi connectivity index (χ2v) is 9.11. The van der Waals surface area contributed by atoms with Gasteiger partial charge < -0.3 is 14.8 Å². The van der Waals surface area contributed by atoms with E-state index in [-0.39, 0.29) is 19.0 Å². The number of fused-ring (bicyclic) bond motifs is 1. The van der Waals surface area contributed by atoms with E-state index in [2.05, 4.69) is 19.2 Å². The molecule has 0 aliphatic carbocycles. The van der Waals surface area contributed by atoms with Crippen molar-refractivity contribution in [1.82, 2.24) is 5.32 Å². The summed E-state index contributed by atoms with van der Waals surface area (Å²) in [5.74, 6) is 1.11. The SMILES string of the molecule is CC(C)c1ccccc1OCCNC(=O)C1CN(S(C)(=O)=O)c2ccccc2O1. The monoisotopic (exact) mass is 418 g/mol. The first-order valence-corrected chi connectivity index (χ1v) is 11.3. The lowest BCUT2D eigenvalue weighted by Gasteiger charge is -2.33. The fourth-order valence-corrected chi connectivity index (χ4v) is 4.11. The smallest absolute Gasteiger partial charge is 0.263 e. The molecule has 0 saturated heterocycles. The molecule has 2 aromatic rings. The molecule has 0 saturated carbocycles. The Morgan fingerprint density at radius 2 is 1.90 bits per heavy atom. The third-order valence-electron chi connectivity index (χ3n) is 4.63. The van der Waals surface area contributed by atoms with Gasteiger partial charge in [-0.2, -0.15) is 0 Å². The molecule has 8 heteroatoms. The van der Waals surface area contributed by atoms with Gasteiger partial charge >= 0.3 is 0 Å². The molecule has 1 heterocycles. The fraction of sp³-hybridized carbons (Fsp3) is 0.381. The number of carbonyl (C=O) groups excluding carboxylic acids is 1. The lowest BCUT2D eigenvalue weighted by molar-refractivity contribution is -0.127. The molecule has 0 spiro atoms. The van der Waals surface area contributed by atoms with Crippen LogP contribution in [0.2, 0.25) is 0 Å². The first-order chi connectivity index (χ1) is 13.8. The van der Waals surface area contributed by atoms with Gasteiger partial charge in [0, 0.05) is 0 Å². The average Bonchev–Trinajstić information content (AvgIpc) is 2.69. The minimum atomic E-state index is -3.53. The molecule has 0 radical (unpaired) electrons. The van der Waals surface area contributed by atoms with Gasteiger partial charge in [-0.25, -0.2) is 8.42 Å². The van der Waals surface area contributed by atoms with Crippen LogP contribution in [-0.2, 0) is 14.8 Å². The van der Waals surface area contributed by atoms with Gasteiger partial charge in [0.2, 0.25) is 10.0 Å². The van der Waals surface area contributed by atoms with Crippen molar-refractivity contribution >= 4 is 21.6 Å². The first-order valence-electron chi connectivity index (χ1n) is 9.50. The molecule has 156 valence electrons. The third-order valence-corrected chi connectivity index (χ3v) is 5.77. The Labute approximate surface area is 171 Å². The zero-order valence-corrected chi connectivity index (χ0v) is 17.6. The van der Waals surface area contributed by atoms with E-state index in [1.54, 1.807) is 24.3 Å². The maximum absolute atomic E-state index is 12.6. The van der Waals surface area contributed by atoms with E-state index < -0.39 is 16.1 Å². The van der Waals surface area contributed by atoms with Crippen molar-refractivity contribution in [2.24, 2.45) is 0 Å². The maximum atomic E-state index is 12.6. The molecule has 29 heavy (non-hydrogen) atoms. The zero-order valence-electron chi connectivity index (χ0n) is 16.8. The van der Waals surface area contributed by atoms with Crippen molar-refractivity contribution in [3.05, 3.63) is 54.1 Å². The third kappa shape index (κ3) is 5.00. The summed E-state index contributed by atoms with van der Waals surface area (Å²) in [4.78, 5) is 12.6. The number of amides is 1. The zero-order chi connectivity index (χ0) is 21.0. The summed E-state index contributed by atoms with van der Waals surface area (Å²) in [6.07, 6.45) is 0.187. The predicted octanol–water partition coefficient (Wildman–Crippen LogP) is 2.53. The highest BCUT2D eigenvalue weighted by molar-refractivity contribution is 7.92. The van der Waals surface area contributed by atoms with Crippen LogP contribution in [0, 0.1) is 0 Å². The van der Waals surface area contributed by atoms with Gasteiger partial charge in [-0.3, -0.25) is 9.10 Å². The summed E-state index contributed by atoms with van der Waals surface area (Å²) in [6.45, 7) is 4.70. The van der Waals surface area contributed by atoms with Gasteiger partial charge in [0.15, 0.2) is 6.10 Å². The largest absolute Gasteiger partial charge is 0.491 e. The lowest BCUT2D eigenvalue weighted by Crippen LogP contribution is -2.51. The fourth-order valence-electron chi connectivity index (χ4n) is 3.19. The molecular weight excluding hydrogens is 392 g/mol. The van der Waals surface area contributed by atoms with Gasteiger partial charge in [-0.05, 0) is 29.7 Å². The van der Waals surface area contributed by atoms with Crippen LogP contribution in [0.5, 0.6) is 11.5 Å². The van der Waals surface area contributed by atoms with E-state index >= 15 is 0 Å². The van der Waals surface area contributed by atoms with Crippen LogP contribution in [0.1, 0.15) is 25.3 Å². The van der Waals surface area contributed by atoms with Crippen LogP contribution >= 0.6 is 0 Å². The standard InChI is InChI=1S/C21H26N2O5S/c1-15(2)16-8-4-6-10-18(16)27-13-12-22-21(24)20-14-23(29(3,25)26)17-9-5-7-11-19(17)28-20/h4-11,15,20H,12-14H2,1-3H3,(H,22,24). The molecule has 1 atom stereocenters. The summed E-state index contributed by atoms with van der Waals surface area (Å²) in [6, 6.07) is 14.6. The van der Waals surface area contributed by atoms with Gasteiger partial charge in [0.1, 0.15) is 18.1 Å². The normalized spacial score (nSPS) is 16.1. The minimum Gasteiger partial charge on any atom is -0.491 e. The quantitative estimate of drug-likeness (QED) is 0.699. The highest BCUT2D eigenvalue weighted by atomic mass is 32.2. The number of carbonyl (C=O) groups is 1. The molecule has 0 bridgehead atoms. The Kier molecular flexibility index (Phi) is 6.32. The molecule has 1 aliphatic rings. The Morgan fingerprint density at radius 3 is 2.62 bits per heavy atom. The Balaban J connectivity index is 1.59. The van der Waals surface area contributed by atoms with E-state index in [1.165, 1.54) is 4.31 Å². The number of anilines is 1. The van der Waals surface area contributed by atoms with Crippen molar-refractivity contribution in [2.45, 2.75) is 25.9 Å². The molecule has 1 N–H and O–H groups in total. The number of nitrogens with zero attached hydrogens (tertiary/aromatic N) is 1. The van der Waals surface area contributed by atoms with Gasteiger partial charge in [-0.1, -0.05) is 44.2 Å². The molecule has 3 rings (SSSR count). The van der Waals surface area contributed by atoms with Crippen molar-refractivity contribution in [2.75, 3.05) is 30.3 Å². The van der Waals surface area contributed by atoms with Crippen molar-refractivity contribution in [1.29, 1.82) is 0 Å². The molecule has 2 aromatic carbocycles. The van der Waals surface area contributed by atoms with Crippen LogP contribution in [0.3, 0.4) is 0 Å². The summed E-state index contributed by atoms with van der Waals surface area (Å²) >= 11 is 0.